The second kappa shape index (κ2) is 8.30. The van der Waals surface area contributed by atoms with E-state index in [9.17, 15) is 24.2 Å². The molecule has 2 rings (SSSR count). The van der Waals surface area contributed by atoms with Gasteiger partial charge in [-0.15, -0.1) is 0 Å². The topological polar surface area (TPSA) is 116 Å². The van der Waals surface area contributed by atoms with Crippen molar-refractivity contribution >= 4 is 17.5 Å². The molecule has 4 N–H and O–H groups in total. The smallest absolute Gasteiger partial charge is 0.257 e. The molecular formula is C20H27FN4O4. The van der Waals surface area contributed by atoms with Crippen molar-refractivity contribution in [1.82, 2.24) is 14.9 Å². The van der Waals surface area contributed by atoms with Crippen LogP contribution in [0.3, 0.4) is 0 Å². The molecule has 0 fully saturated rings. The molecule has 1 atom stereocenters. The van der Waals surface area contributed by atoms with Gasteiger partial charge in [0.05, 0.1) is 28.7 Å². The number of aryl methyl sites for hydroxylation is 1. The number of carbonyl (C=O) groups is 2. The van der Waals surface area contributed by atoms with Crippen molar-refractivity contribution < 1.29 is 24.2 Å². The van der Waals surface area contributed by atoms with E-state index in [1.54, 1.807) is 25.5 Å². The quantitative estimate of drug-likeness (QED) is 0.545. The van der Waals surface area contributed by atoms with Gasteiger partial charge in [-0.2, -0.15) is 4.39 Å². The van der Waals surface area contributed by atoms with Crippen LogP contribution in [-0.4, -0.2) is 43.7 Å². The number of nitrogens with zero attached hydrogens (tertiary/aromatic N) is 2. The van der Waals surface area contributed by atoms with Crippen LogP contribution in [-0.2, 0) is 11.8 Å². The SMILES string of the molecule is Cc1cc(NC(=O)c2c(C)c(C(O)C(=O)NCC(C)(C)O)n(C)c2C)cnc1F. The number of aliphatic hydroxyl groups excluding tert-OH is 1. The summed E-state index contributed by atoms with van der Waals surface area (Å²) in [5.74, 6) is -1.75. The minimum atomic E-state index is -1.52. The number of nitrogens with one attached hydrogen (secondary N) is 2. The van der Waals surface area contributed by atoms with Gasteiger partial charge in [0.2, 0.25) is 5.95 Å². The van der Waals surface area contributed by atoms with Crippen LogP contribution in [0.4, 0.5) is 10.1 Å². The third kappa shape index (κ3) is 4.99. The summed E-state index contributed by atoms with van der Waals surface area (Å²) in [6, 6.07) is 1.47. The predicted octanol–water partition coefficient (Wildman–Crippen LogP) is 1.66. The van der Waals surface area contributed by atoms with E-state index >= 15 is 0 Å². The van der Waals surface area contributed by atoms with Crippen molar-refractivity contribution in [3.63, 3.8) is 0 Å². The minimum Gasteiger partial charge on any atom is -0.389 e. The number of halogens is 1. The zero-order chi connectivity index (χ0) is 22.1. The van der Waals surface area contributed by atoms with Gasteiger partial charge in [0, 0.05) is 24.8 Å². The normalized spacial score (nSPS) is 12.6. The highest BCUT2D eigenvalue weighted by molar-refractivity contribution is 6.06. The Hall–Kier alpha value is -2.78. The number of anilines is 1. The first-order valence-electron chi connectivity index (χ1n) is 9.11. The zero-order valence-electron chi connectivity index (χ0n) is 17.4. The molecule has 158 valence electrons. The third-order valence-corrected chi connectivity index (χ3v) is 4.69. The first kappa shape index (κ1) is 22.5. The van der Waals surface area contributed by atoms with Gasteiger partial charge in [-0.1, -0.05) is 0 Å². The van der Waals surface area contributed by atoms with E-state index < -0.39 is 29.5 Å². The number of amides is 2. The summed E-state index contributed by atoms with van der Waals surface area (Å²) in [6.07, 6.45) is -0.300. The molecular weight excluding hydrogens is 379 g/mol. The molecule has 0 saturated heterocycles. The number of hydrogen-bond donors (Lipinski definition) is 4. The highest BCUT2D eigenvalue weighted by Gasteiger charge is 2.29. The van der Waals surface area contributed by atoms with Gasteiger partial charge in [-0.05, 0) is 46.2 Å². The largest absolute Gasteiger partial charge is 0.389 e. The summed E-state index contributed by atoms with van der Waals surface area (Å²) in [4.78, 5) is 28.7. The van der Waals surface area contributed by atoms with E-state index in [-0.39, 0.29) is 12.2 Å². The van der Waals surface area contributed by atoms with E-state index in [1.807, 2.05) is 0 Å². The summed E-state index contributed by atoms with van der Waals surface area (Å²) >= 11 is 0. The fraction of sp³-hybridized carbons (Fsp3) is 0.450. The zero-order valence-corrected chi connectivity index (χ0v) is 17.4. The number of aliphatic hydroxyl groups is 2. The highest BCUT2D eigenvalue weighted by Crippen LogP contribution is 2.27. The molecule has 0 aromatic carbocycles. The first-order chi connectivity index (χ1) is 13.3. The molecule has 2 aromatic heterocycles. The van der Waals surface area contributed by atoms with Crippen LogP contribution >= 0.6 is 0 Å². The molecule has 0 bridgehead atoms. The average Bonchev–Trinajstić information content (AvgIpc) is 2.84. The van der Waals surface area contributed by atoms with Gasteiger partial charge in [0.25, 0.3) is 11.8 Å². The molecule has 9 heteroatoms. The monoisotopic (exact) mass is 406 g/mol. The summed E-state index contributed by atoms with van der Waals surface area (Å²) in [5, 5.41) is 25.4. The lowest BCUT2D eigenvalue weighted by molar-refractivity contribution is -0.131. The Balaban J connectivity index is 2.30. The summed E-state index contributed by atoms with van der Waals surface area (Å²) in [7, 11) is 1.64. The maximum absolute atomic E-state index is 13.3. The highest BCUT2D eigenvalue weighted by atomic mass is 19.1. The van der Waals surface area contributed by atoms with Crippen LogP contribution in [0.15, 0.2) is 12.3 Å². The van der Waals surface area contributed by atoms with Crippen molar-refractivity contribution in [2.75, 3.05) is 11.9 Å². The average molecular weight is 406 g/mol. The number of rotatable bonds is 6. The van der Waals surface area contributed by atoms with Gasteiger partial charge < -0.3 is 25.4 Å². The van der Waals surface area contributed by atoms with Gasteiger partial charge in [0.1, 0.15) is 0 Å². The van der Waals surface area contributed by atoms with Crippen LogP contribution in [0, 0.1) is 26.7 Å². The van der Waals surface area contributed by atoms with E-state index in [4.69, 9.17) is 0 Å². The van der Waals surface area contributed by atoms with Crippen LogP contribution in [0.5, 0.6) is 0 Å². The fourth-order valence-corrected chi connectivity index (χ4v) is 3.07. The Morgan fingerprint density at radius 2 is 1.93 bits per heavy atom. The molecule has 0 spiro atoms. The van der Waals surface area contributed by atoms with Crippen LogP contribution in [0.2, 0.25) is 0 Å². The number of pyridine rings is 1. The summed E-state index contributed by atoms with van der Waals surface area (Å²) in [6.45, 7) is 7.91. The van der Waals surface area contributed by atoms with E-state index in [0.29, 0.717) is 28.1 Å². The lowest BCUT2D eigenvalue weighted by atomic mass is 10.1. The molecule has 2 aromatic rings. The molecule has 29 heavy (non-hydrogen) atoms. The molecule has 1 unspecified atom stereocenters. The lowest BCUT2D eigenvalue weighted by Crippen LogP contribution is -2.40. The molecule has 8 nitrogen and oxygen atoms in total. The Morgan fingerprint density at radius 1 is 1.31 bits per heavy atom. The molecule has 2 amide bonds. The Morgan fingerprint density at radius 3 is 2.48 bits per heavy atom. The van der Waals surface area contributed by atoms with E-state index in [1.165, 1.54) is 33.0 Å². The maximum atomic E-state index is 13.3. The van der Waals surface area contributed by atoms with Crippen molar-refractivity contribution in [3.05, 3.63) is 46.3 Å². The lowest BCUT2D eigenvalue weighted by Gasteiger charge is -2.20. The molecule has 2 heterocycles. The van der Waals surface area contributed by atoms with E-state index in [2.05, 4.69) is 15.6 Å². The minimum absolute atomic E-state index is 0.0321. The summed E-state index contributed by atoms with van der Waals surface area (Å²) in [5.41, 5.74) is 1.08. The van der Waals surface area contributed by atoms with Crippen molar-refractivity contribution in [2.45, 2.75) is 46.3 Å². The Bertz CT molecular complexity index is 947. The third-order valence-electron chi connectivity index (χ3n) is 4.69. The van der Waals surface area contributed by atoms with Gasteiger partial charge in [-0.25, -0.2) is 4.98 Å². The first-order valence-corrected chi connectivity index (χ1v) is 9.11. The molecule has 0 saturated carbocycles. The predicted molar refractivity (Wildman–Crippen MR) is 106 cm³/mol. The second-order valence-corrected chi connectivity index (χ2v) is 7.75. The van der Waals surface area contributed by atoms with Crippen LogP contribution in [0.1, 0.15) is 52.8 Å². The van der Waals surface area contributed by atoms with Crippen LogP contribution < -0.4 is 10.6 Å². The van der Waals surface area contributed by atoms with Crippen LogP contribution in [0.25, 0.3) is 0 Å². The second-order valence-electron chi connectivity index (χ2n) is 7.75. The van der Waals surface area contributed by atoms with E-state index in [0.717, 1.165) is 0 Å². The number of hydrogen-bond acceptors (Lipinski definition) is 5. The molecule has 0 aliphatic heterocycles. The Labute approximate surface area is 168 Å². The van der Waals surface area contributed by atoms with Crippen molar-refractivity contribution in [2.24, 2.45) is 7.05 Å². The fourth-order valence-electron chi connectivity index (χ4n) is 3.07. The van der Waals surface area contributed by atoms with Gasteiger partial charge in [-0.3, -0.25) is 9.59 Å². The molecule has 0 radical (unpaired) electrons. The molecule has 0 aliphatic rings. The van der Waals surface area contributed by atoms with Crippen molar-refractivity contribution in [1.29, 1.82) is 0 Å². The maximum Gasteiger partial charge on any atom is 0.257 e. The molecule has 0 aliphatic carbocycles. The number of aromatic nitrogens is 2. The summed E-state index contributed by atoms with van der Waals surface area (Å²) < 4.78 is 14.9. The van der Waals surface area contributed by atoms with Gasteiger partial charge >= 0.3 is 0 Å². The van der Waals surface area contributed by atoms with Crippen molar-refractivity contribution in [3.8, 4) is 0 Å². The number of carbonyl (C=O) groups excluding carboxylic acids is 2. The Kier molecular flexibility index (Phi) is 6.44. The standard InChI is InChI=1S/C20H27FN4O4/c1-10-7-13(8-22-17(10)21)24-18(27)14-11(2)15(25(6)12(14)3)16(26)19(28)23-9-20(4,5)29/h7-8,16,26,29H,9H2,1-6H3,(H,23,28)(H,24,27). The van der Waals surface area contributed by atoms with Gasteiger partial charge in [0.15, 0.2) is 6.10 Å².